The Morgan fingerprint density at radius 1 is 0.879 bits per heavy atom. The molecule has 0 bridgehead atoms. The molecule has 1 saturated heterocycles. The largest absolute Gasteiger partial charge is 0.424 e. The summed E-state index contributed by atoms with van der Waals surface area (Å²) in [5.41, 5.74) is 2.35. The third kappa shape index (κ3) is 3.94. The summed E-state index contributed by atoms with van der Waals surface area (Å²) in [6.45, 7) is 3.39. The number of nitrogens with zero attached hydrogens (tertiary/aromatic N) is 5. The molecular formula is C25H23N5O3. The number of piperazine rings is 1. The Morgan fingerprint density at radius 2 is 1.48 bits per heavy atom. The molecule has 2 aliphatic rings. The number of aromatic nitrogens is 1. The van der Waals surface area contributed by atoms with Crippen LogP contribution >= 0.6 is 0 Å². The molecule has 2 aromatic carbocycles. The van der Waals surface area contributed by atoms with Crippen molar-refractivity contribution in [2.24, 2.45) is 0 Å². The summed E-state index contributed by atoms with van der Waals surface area (Å²) in [6.07, 6.45) is 0.949. The highest BCUT2D eigenvalue weighted by molar-refractivity contribution is 6.21. The standard InChI is InChI=1S/C25H23N5O3/c26-17-21-25(29-15-13-28(14-16-29)18-7-2-1-3-8-18)33-22(27-21)11-6-12-30-23(31)19-9-4-5-10-20(19)24(30)32/h1-5,7-10H,6,11-16H2. The van der Waals surface area contributed by atoms with Crippen LogP contribution in [0.4, 0.5) is 11.6 Å². The molecule has 0 unspecified atom stereocenters. The van der Waals surface area contributed by atoms with E-state index in [2.05, 4.69) is 33.0 Å². The Morgan fingerprint density at radius 3 is 2.12 bits per heavy atom. The van der Waals surface area contributed by atoms with Gasteiger partial charge in [0.1, 0.15) is 6.07 Å². The number of oxazole rings is 1. The molecule has 0 saturated carbocycles. The number of hydrogen-bond donors (Lipinski definition) is 0. The molecule has 3 aromatic rings. The molecule has 8 heteroatoms. The molecule has 33 heavy (non-hydrogen) atoms. The van der Waals surface area contributed by atoms with E-state index in [4.69, 9.17) is 4.42 Å². The third-order valence-electron chi connectivity index (χ3n) is 6.10. The minimum absolute atomic E-state index is 0.266. The number of benzene rings is 2. The lowest BCUT2D eigenvalue weighted by atomic mass is 10.1. The van der Waals surface area contributed by atoms with Crippen LogP contribution in [0.1, 0.15) is 38.7 Å². The molecule has 3 heterocycles. The molecule has 0 N–H and O–H groups in total. The van der Waals surface area contributed by atoms with Crippen LogP contribution in [0.3, 0.4) is 0 Å². The predicted octanol–water partition coefficient (Wildman–Crippen LogP) is 3.10. The molecule has 0 atom stereocenters. The molecule has 1 aromatic heterocycles. The lowest BCUT2D eigenvalue weighted by molar-refractivity contribution is 0.0651. The highest BCUT2D eigenvalue weighted by Crippen LogP contribution is 2.26. The number of carbonyl (C=O) groups is 2. The second-order valence-electron chi connectivity index (χ2n) is 8.09. The fourth-order valence-corrected chi connectivity index (χ4v) is 4.39. The van der Waals surface area contributed by atoms with Crippen molar-refractivity contribution in [1.29, 1.82) is 5.26 Å². The zero-order valence-corrected chi connectivity index (χ0v) is 18.1. The van der Waals surface area contributed by atoms with E-state index in [9.17, 15) is 14.9 Å². The Hall–Kier alpha value is -4.12. The van der Waals surface area contributed by atoms with Gasteiger partial charge in [0.15, 0.2) is 5.89 Å². The summed E-state index contributed by atoms with van der Waals surface area (Å²) in [5, 5.41) is 9.55. The van der Waals surface area contributed by atoms with Gasteiger partial charge in [0.2, 0.25) is 11.6 Å². The van der Waals surface area contributed by atoms with Crippen molar-refractivity contribution < 1.29 is 14.0 Å². The second kappa shape index (κ2) is 8.79. The number of nitriles is 1. The van der Waals surface area contributed by atoms with Gasteiger partial charge in [0.25, 0.3) is 11.8 Å². The normalized spacial score (nSPS) is 15.7. The van der Waals surface area contributed by atoms with E-state index >= 15 is 0 Å². The van der Waals surface area contributed by atoms with Crippen LogP contribution in [0.2, 0.25) is 0 Å². The Kier molecular flexibility index (Phi) is 5.53. The van der Waals surface area contributed by atoms with Gasteiger partial charge < -0.3 is 14.2 Å². The van der Waals surface area contributed by atoms with Gasteiger partial charge in [-0.15, -0.1) is 0 Å². The number of amides is 2. The smallest absolute Gasteiger partial charge is 0.261 e. The van der Waals surface area contributed by atoms with Gasteiger partial charge in [-0.3, -0.25) is 14.5 Å². The molecule has 0 spiro atoms. The van der Waals surface area contributed by atoms with Crippen LogP contribution in [-0.2, 0) is 6.42 Å². The molecule has 0 radical (unpaired) electrons. The van der Waals surface area contributed by atoms with Gasteiger partial charge in [-0.25, -0.2) is 4.98 Å². The van der Waals surface area contributed by atoms with Gasteiger partial charge in [-0.1, -0.05) is 30.3 Å². The van der Waals surface area contributed by atoms with E-state index in [-0.39, 0.29) is 24.1 Å². The minimum atomic E-state index is -0.266. The minimum Gasteiger partial charge on any atom is -0.424 e. The number of aryl methyl sites for hydroxylation is 1. The summed E-state index contributed by atoms with van der Waals surface area (Å²) in [4.78, 5) is 35.0. The zero-order valence-electron chi connectivity index (χ0n) is 18.1. The topological polar surface area (TPSA) is 93.7 Å². The van der Waals surface area contributed by atoms with E-state index in [0.29, 0.717) is 35.7 Å². The van der Waals surface area contributed by atoms with Crippen molar-refractivity contribution in [2.45, 2.75) is 12.8 Å². The molecule has 2 amide bonds. The molecule has 166 valence electrons. The Labute approximate surface area is 191 Å². The van der Waals surface area contributed by atoms with Gasteiger partial charge in [-0.2, -0.15) is 5.26 Å². The second-order valence-corrected chi connectivity index (χ2v) is 8.09. The fourth-order valence-electron chi connectivity index (χ4n) is 4.39. The Balaban J connectivity index is 1.20. The maximum absolute atomic E-state index is 12.5. The van der Waals surface area contributed by atoms with Crippen LogP contribution in [0.5, 0.6) is 0 Å². The van der Waals surface area contributed by atoms with Crippen LogP contribution < -0.4 is 9.80 Å². The average Bonchev–Trinajstić information content (AvgIpc) is 3.39. The Bertz CT molecular complexity index is 1190. The van der Waals surface area contributed by atoms with Crippen molar-refractivity contribution in [1.82, 2.24) is 9.88 Å². The molecular weight excluding hydrogens is 418 g/mol. The van der Waals surface area contributed by atoms with Crippen molar-refractivity contribution in [3.8, 4) is 6.07 Å². The van der Waals surface area contributed by atoms with E-state index in [0.717, 1.165) is 26.2 Å². The van der Waals surface area contributed by atoms with Gasteiger partial charge in [0, 0.05) is 44.8 Å². The van der Waals surface area contributed by atoms with Crippen LogP contribution in [-0.4, -0.2) is 54.4 Å². The van der Waals surface area contributed by atoms with E-state index in [1.54, 1.807) is 24.3 Å². The number of rotatable bonds is 6. The molecule has 1 fully saturated rings. The fraction of sp³-hybridized carbons (Fsp3) is 0.280. The van der Waals surface area contributed by atoms with E-state index < -0.39 is 0 Å². The third-order valence-corrected chi connectivity index (χ3v) is 6.10. The van der Waals surface area contributed by atoms with Gasteiger partial charge >= 0.3 is 0 Å². The SMILES string of the molecule is N#Cc1nc(CCCN2C(=O)c3ccccc3C2=O)oc1N1CCN(c2ccccc2)CC1. The maximum Gasteiger partial charge on any atom is 0.261 e. The number of fused-ring (bicyclic) bond motifs is 1. The van der Waals surface area contributed by atoms with Crippen LogP contribution in [0, 0.1) is 11.3 Å². The van der Waals surface area contributed by atoms with Crippen molar-refractivity contribution >= 4 is 23.4 Å². The highest BCUT2D eigenvalue weighted by atomic mass is 16.4. The zero-order chi connectivity index (χ0) is 22.8. The quantitative estimate of drug-likeness (QED) is 0.543. The summed E-state index contributed by atoms with van der Waals surface area (Å²) >= 11 is 0. The van der Waals surface area contributed by atoms with E-state index in [1.165, 1.54) is 10.6 Å². The summed E-state index contributed by atoms with van der Waals surface area (Å²) in [5.74, 6) is 0.417. The summed E-state index contributed by atoms with van der Waals surface area (Å²) < 4.78 is 5.95. The van der Waals surface area contributed by atoms with Gasteiger partial charge in [-0.05, 0) is 30.7 Å². The highest BCUT2D eigenvalue weighted by Gasteiger charge is 2.34. The summed E-state index contributed by atoms with van der Waals surface area (Å²) in [6, 6.07) is 19.2. The maximum atomic E-state index is 12.5. The van der Waals surface area contributed by atoms with Crippen molar-refractivity contribution in [3.05, 3.63) is 77.3 Å². The van der Waals surface area contributed by atoms with Gasteiger partial charge in [0.05, 0.1) is 11.1 Å². The molecule has 5 rings (SSSR count). The number of imide groups is 1. The lowest BCUT2D eigenvalue weighted by Gasteiger charge is -2.35. The average molecular weight is 441 g/mol. The monoisotopic (exact) mass is 441 g/mol. The molecule has 2 aliphatic heterocycles. The number of carbonyl (C=O) groups excluding carboxylic acids is 2. The molecule has 8 nitrogen and oxygen atoms in total. The number of anilines is 2. The van der Waals surface area contributed by atoms with Crippen molar-refractivity contribution in [2.75, 3.05) is 42.5 Å². The van der Waals surface area contributed by atoms with Crippen molar-refractivity contribution in [3.63, 3.8) is 0 Å². The predicted molar refractivity (Wildman–Crippen MR) is 122 cm³/mol. The molecule has 0 aliphatic carbocycles. The first kappa shape index (κ1) is 20.8. The van der Waals surface area contributed by atoms with E-state index in [1.807, 2.05) is 18.2 Å². The first-order chi connectivity index (χ1) is 16.2. The lowest BCUT2D eigenvalue weighted by Crippen LogP contribution is -2.46. The number of para-hydroxylation sites is 1. The first-order valence-corrected chi connectivity index (χ1v) is 11.1. The number of hydrogen-bond acceptors (Lipinski definition) is 7. The van der Waals surface area contributed by atoms with Crippen LogP contribution in [0.25, 0.3) is 0 Å². The van der Waals surface area contributed by atoms with Crippen LogP contribution in [0.15, 0.2) is 59.0 Å². The summed E-state index contributed by atoms with van der Waals surface area (Å²) in [7, 11) is 0. The first-order valence-electron chi connectivity index (χ1n) is 11.1.